The molecule has 134 valence electrons. The Kier molecular flexibility index (Phi) is 4.65. The first-order valence-corrected chi connectivity index (χ1v) is 9.07. The summed E-state index contributed by atoms with van der Waals surface area (Å²) in [6.07, 6.45) is 0.944. The molecule has 5 heteroatoms. The standard InChI is InChI=1S/C22H17ClN2O2/c1-2-14-6-8-15(9-7-14)21(26)24-18-5-3-4-16(12-18)22-25-19-13-17(23)10-11-20(19)27-22/h3-13H,2H2,1H3,(H,24,26). The van der Waals surface area contributed by atoms with Crippen LogP contribution in [0.5, 0.6) is 0 Å². The molecule has 1 N–H and O–H groups in total. The molecule has 0 aliphatic heterocycles. The Morgan fingerprint density at radius 2 is 1.89 bits per heavy atom. The van der Waals surface area contributed by atoms with Crippen LogP contribution in [0.25, 0.3) is 22.6 Å². The van der Waals surface area contributed by atoms with E-state index in [1.807, 2.05) is 48.5 Å². The first-order valence-electron chi connectivity index (χ1n) is 8.69. The Labute approximate surface area is 161 Å². The lowest BCUT2D eigenvalue weighted by Gasteiger charge is -2.07. The summed E-state index contributed by atoms with van der Waals surface area (Å²) >= 11 is 6.00. The van der Waals surface area contributed by atoms with Gasteiger partial charge in [-0.2, -0.15) is 0 Å². The van der Waals surface area contributed by atoms with E-state index in [1.165, 1.54) is 5.56 Å². The molecule has 0 fully saturated rings. The van der Waals surface area contributed by atoms with Crippen molar-refractivity contribution in [2.45, 2.75) is 13.3 Å². The molecule has 4 rings (SSSR count). The topological polar surface area (TPSA) is 55.1 Å². The second-order valence-electron chi connectivity index (χ2n) is 6.22. The number of hydrogen-bond acceptors (Lipinski definition) is 3. The van der Waals surface area contributed by atoms with Crippen LogP contribution in [0.1, 0.15) is 22.8 Å². The number of carbonyl (C=O) groups excluding carboxylic acids is 1. The largest absolute Gasteiger partial charge is 0.436 e. The molecule has 4 aromatic rings. The predicted octanol–water partition coefficient (Wildman–Crippen LogP) is 5.96. The molecule has 1 heterocycles. The molecule has 0 unspecified atom stereocenters. The van der Waals surface area contributed by atoms with Crippen LogP contribution in [0.4, 0.5) is 5.69 Å². The van der Waals surface area contributed by atoms with Gasteiger partial charge in [-0.05, 0) is 60.5 Å². The summed E-state index contributed by atoms with van der Waals surface area (Å²) in [7, 11) is 0. The minimum atomic E-state index is -0.154. The van der Waals surface area contributed by atoms with E-state index in [2.05, 4.69) is 17.2 Å². The molecule has 1 amide bonds. The zero-order chi connectivity index (χ0) is 18.8. The molecule has 27 heavy (non-hydrogen) atoms. The average molecular weight is 377 g/mol. The maximum Gasteiger partial charge on any atom is 0.255 e. The van der Waals surface area contributed by atoms with Crippen molar-refractivity contribution in [1.29, 1.82) is 0 Å². The highest BCUT2D eigenvalue weighted by Gasteiger charge is 2.11. The normalized spacial score (nSPS) is 10.9. The van der Waals surface area contributed by atoms with Crippen molar-refractivity contribution in [2.24, 2.45) is 0 Å². The summed E-state index contributed by atoms with van der Waals surface area (Å²) < 4.78 is 5.80. The van der Waals surface area contributed by atoms with Crippen molar-refractivity contribution >= 4 is 34.3 Å². The van der Waals surface area contributed by atoms with Crippen LogP contribution in [-0.4, -0.2) is 10.9 Å². The molecule has 0 spiro atoms. The number of hydrogen-bond donors (Lipinski definition) is 1. The highest BCUT2D eigenvalue weighted by molar-refractivity contribution is 6.31. The van der Waals surface area contributed by atoms with Gasteiger partial charge in [0.25, 0.3) is 5.91 Å². The van der Waals surface area contributed by atoms with E-state index >= 15 is 0 Å². The first-order chi connectivity index (χ1) is 13.1. The van der Waals surface area contributed by atoms with Crippen LogP contribution in [0.3, 0.4) is 0 Å². The SMILES string of the molecule is CCc1ccc(C(=O)Nc2cccc(-c3nc4cc(Cl)ccc4o3)c2)cc1. The van der Waals surface area contributed by atoms with Gasteiger partial charge < -0.3 is 9.73 Å². The molecule has 0 saturated carbocycles. The van der Waals surface area contributed by atoms with Gasteiger partial charge in [0.05, 0.1) is 0 Å². The van der Waals surface area contributed by atoms with Gasteiger partial charge in [-0.3, -0.25) is 4.79 Å². The minimum absolute atomic E-state index is 0.154. The summed E-state index contributed by atoms with van der Waals surface area (Å²) in [5.74, 6) is 0.329. The van der Waals surface area contributed by atoms with E-state index in [0.717, 1.165) is 12.0 Å². The monoisotopic (exact) mass is 376 g/mol. The van der Waals surface area contributed by atoms with Crippen LogP contribution in [0.15, 0.2) is 71.1 Å². The molecular weight excluding hydrogens is 360 g/mol. The summed E-state index contributed by atoms with van der Waals surface area (Å²) in [5, 5.41) is 3.53. The van der Waals surface area contributed by atoms with Gasteiger partial charge >= 0.3 is 0 Å². The van der Waals surface area contributed by atoms with Crippen molar-refractivity contribution in [3.05, 3.63) is 82.9 Å². The number of halogens is 1. The lowest BCUT2D eigenvalue weighted by atomic mass is 10.1. The molecule has 1 aromatic heterocycles. The number of rotatable bonds is 4. The maximum absolute atomic E-state index is 12.5. The van der Waals surface area contributed by atoms with Crippen molar-refractivity contribution in [2.75, 3.05) is 5.32 Å². The smallest absolute Gasteiger partial charge is 0.255 e. The molecule has 0 bridgehead atoms. The summed E-state index contributed by atoms with van der Waals surface area (Å²) in [5.41, 5.74) is 4.64. The van der Waals surface area contributed by atoms with Gasteiger partial charge in [-0.1, -0.05) is 36.7 Å². The van der Waals surface area contributed by atoms with Gasteiger partial charge in [0.15, 0.2) is 5.58 Å². The Morgan fingerprint density at radius 3 is 2.67 bits per heavy atom. The highest BCUT2D eigenvalue weighted by Crippen LogP contribution is 2.27. The van der Waals surface area contributed by atoms with Gasteiger partial charge in [0.1, 0.15) is 5.52 Å². The van der Waals surface area contributed by atoms with Crippen LogP contribution in [-0.2, 0) is 6.42 Å². The number of benzene rings is 3. The van der Waals surface area contributed by atoms with E-state index in [9.17, 15) is 4.79 Å². The molecule has 3 aromatic carbocycles. The average Bonchev–Trinajstić information content (AvgIpc) is 3.11. The van der Waals surface area contributed by atoms with Crippen LogP contribution in [0.2, 0.25) is 5.02 Å². The van der Waals surface area contributed by atoms with E-state index < -0.39 is 0 Å². The van der Waals surface area contributed by atoms with E-state index in [4.69, 9.17) is 16.0 Å². The van der Waals surface area contributed by atoms with Crippen LogP contribution in [0, 0.1) is 0 Å². The number of amides is 1. The highest BCUT2D eigenvalue weighted by atomic mass is 35.5. The number of oxazole rings is 1. The van der Waals surface area contributed by atoms with Gasteiger partial charge in [0.2, 0.25) is 5.89 Å². The van der Waals surface area contributed by atoms with Crippen molar-refractivity contribution in [3.63, 3.8) is 0 Å². The molecule has 0 saturated heterocycles. The molecule has 0 radical (unpaired) electrons. The van der Waals surface area contributed by atoms with E-state index in [0.29, 0.717) is 33.3 Å². The first kappa shape index (κ1) is 17.3. The quantitative estimate of drug-likeness (QED) is 0.478. The lowest BCUT2D eigenvalue weighted by molar-refractivity contribution is 0.102. The maximum atomic E-state index is 12.5. The zero-order valence-corrected chi connectivity index (χ0v) is 15.5. The van der Waals surface area contributed by atoms with Gasteiger partial charge in [-0.25, -0.2) is 4.98 Å². The fraction of sp³-hybridized carbons (Fsp3) is 0.0909. The second kappa shape index (κ2) is 7.25. The number of carbonyl (C=O) groups is 1. The van der Waals surface area contributed by atoms with Gasteiger partial charge in [0, 0.05) is 21.8 Å². The second-order valence-corrected chi connectivity index (χ2v) is 6.65. The third kappa shape index (κ3) is 3.71. The van der Waals surface area contributed by atoms with Gasteiger partial charge in [-0.15, -0.1) is 0 Å². The Balaban J connectivity index is 1.58. The molecule has 4 nitrogen and oxygen atoms in total. The third-order valence-corrected chi connectivity index (χ3v) is 4.58. The predicted molar refractivity (Wildman–Crippen MR) is 108 cm³/mol. The number of aromatic nitrogens is 1. The summed E-state index contributed by atoms with van der Waals surface area (Å²) in [6, 6.07) is 20.3. The summed E-state index contributed by atoms with van der Waals surface area (Å²) in [4.78, 5) is 17.0. The zero-order valence-electron chi connectivity index (χ0n) is 14.7. The van der Waals surface area contributed by atoms with Crippen molar-refractivity contribution in [3.8, 4) is 11.5 Å². The molecule has 0 atom stereocenters. The molecular formula is C22H17ClN2O2. The number of anilines is 1. The third-order valence-electron chi connectivity index (χ3n) is 4.34. The van der Waals surface area contributed by atoms with Crippen LogP contribution >= 0.6 is 11.6 Å². The molecule has 0 aliphatic rings. The fourth-order valence-electron chi connectivity index (χ4n) is 2.85. The fourth-order valence-corrected chi connectivity index (χ4v) is 3.02. The van der Waals surface area contributed by atoms with E-state index in [1.54, 1.807) is 18.2 Å². The molecule has 0 aliphatic carbocycles. The minimum Gasteiger partial charge on any atom is -0.436 e. The summed E-state index contributed by atoms with van der Waals surface area (Å²) in [6.45, 7) is 2.08. The number of aryl methyl sites for hydroxylation is 1. The van der Waals surface area contributed by atoms with Crippen LogP contribution < -0.4 is 5.32 Å². The van der Waals surface area contributed by atoms with Crippen molar-refractivity contribution in [1.82, 2.24) is 4.98 Å². The Bertz CT molecular complexity index is 1120. The van der Waals surface area contributed by atoms with Crippen molar-refractivity contribution < 1.29 is 9.21 Å². The number of fused-ring (bicyclic) bond motifs is 1. The number of nitrogens with zero attached hydrogens (tertiary/aromatic N) is 1. The Morgan fingerprint density at radius 1 is 1.07 bits per heavy atom. The number of nitrogens with one attached hydrogen (secondary N) is 1. The Hall–Kier alpha value is -3.11. The lowest BCUT2D eigenvalue weighted by Crippen LogP contribution is -2.11. The van der Waals surface area contributed by atoms with E-state index in [-0.39, 0.29) is 5.91 Å².